The molecular formula is C15H19N2O5S-. The first-order valence-electron chi connectivity index (χ1n) is 7.33. The average molecular weight is 339 g/mol. The molecule has 0 spiro atoms. The zero-order valence-electron chi connectivity index (χ0n) is 12.6. The van der Waals surface area contributed by atoms with E-state index in [0.717, 1.165) is 12.8 Å². The van der Waals surface area contributed by atoms with Crippen molar-refractivity contribution in [1.29, 1.82) is 0 Å². The summed E-state index contributed by atoms with van der Waals surface area (Å²) in [5.41, 5.74) is -0.104. The molecule has 126 valence electrons. The van der Waals surface area contributed by atoms with Gasteiger partial charge in [-0.15, -0.1) is 0 Å². The van der Waals surface area contributed by atoms with Crippen LogP contribution in [-0.2, 0) is 19.6 Å². The number of primary sulfonamides is 1. The quantitative estimate of drug-likeness (QED) is 0.773. The van der Waals surface area contributed by atoms with Crippen LogP contribution in [0.3, 0.4) is 0 Å². The molecular weight excluding hydrogens is 320 g/mol. The number of sulfonamides is 1. The highest BCUT2D eigenvalue weighted by Gasteiger charge is 2.36. The molecule has 0 unspecified atom stereocenters. The first kappa shape index (κ1) is 17.4. The van der Waals surface area contributed by atoms with Gasteiger partial charge in [0.15, 0.2) is 0 Å². The second kappa shape index (κ2) is 6.67. The molecule has 3 N–H and O–H groups in total. The lowest BCUT2D eigenvalue weighted by molar-refractivity contribution is -0.308. The normalized spacial score (nSPS) is 16.9. The van der Waals surface area contributed by atoms with Crippen LogP contribution in [0.25, 0.3) is 0 Å². The number of nitrogens with two attached hydrogens (primary N) is 1. The lowest BCUT2D eigenvalue weighted by atomic mass is 9.79. The molecule has 1 aliphatic carbocycles. The number of benzene rings is 1. The Hall–Kier alpha value is -1.93. The van der Waals surface area contributed by atoms with E-state index in [2.05, 4.69) is 5.32 Å². The highest BCUT2D eigenvalue weighted by atomic mass is 32.2. The van der Waals surface area contributed by atoms with E-state index in [4.69, 9.17) is 5.14 Å². The van der Waals surface area contributed by atoms with E-state index in [1.165, 1.54) is 24.3 Å². The summed E-state index contributed by atoms with van der Waals surface area (Å²) in [5.74, 6) is -1.44. The SMILES string of the molecule is NS(=O)(=O)c1ccc(NC(=O)CC2(CC(=O)[O-])CCCC2)cc1. The van der Waals surface area contributed by atoms with Crippen LogP contribution >= 0.6 is 0 Å². The van der Waals surface area contributed by atoms with Crippen molar-refractivity contribution in [3.05, 3.63) is 24.3 Å². The van der Waals surface area contributed by atoms with E-state index in [-0.39, 0.29) is 23.6 Å². The van der Waals surface area contributed by atoms with Crippen LogP contribution in [0.4, 0.5) is 5.69 Å². The van der Waals surface area contributed by atoms with Gasteiger partial charge in [-0.3, -0.25) is 4.79 Å². The van der Waals surface area contributed by atoms with Crippen LogP contribution in [0, 0.1) is 5.41 Å². The number of rotatable bonds is 6. The Labute approximate surface area is 134 Å². The van der Waals surface area contributed by atoms with Gasteiger partial charge in [-0.1, -0.05) is 12.8 Å². The van der Waals surface area contributed by atoms with Crippen molar-refractivity contribution < 1.29 is 23.1 Å². The lowest BCUT2D eigenvalue weighted by Crippen LogP contribution is -2.33. The lowest BCUT2D eigenvalue weighted by Gasteiger charge is -2.28. The molecule has 0 bridgehead atoms. The fraction of sp³-hybridized carbons (Fsp3) is 0.467. The van der Waals surface area contributed by atoms with E-state index in [1.807, 2.05) is 0 Å². The number of carboxylic acids is 1. The topological polar surface area (TPSA) is 129 Å². The Balaban J connectivity index is 2.02. The van der Waals surface area contributed by atoms with Crippen LogP contribution in [0.1, 0.15) is 38.5 Å². The zero-order chi connectivity index (χ0) is 17.1. The van der Waals surface area contributed by atoms with Crippen molar-refractivity contribution in [2.45, 2.75) is 43.4 Å². The van der Waals surface area contributed by atoms with E-state index in [0.29, 0.717) is 18.5 Å². The molecule has 0 aliphatic heterocycles. The van der Waals surface area contributed by atoms with Gasteiger partial charge in [-0.25, -0.2) is 13.6 Å². The van der Waals surface area contributed by atoms with Crippen molar-refractivity contribution >= 4 is 27.6 Å². The molecule has 1 amide bonds. The third kappa shape index (κ3) is 4.77. The summed E-state index contributed by atoms with van der Waals surface area (Å²) < 4.78 is 22.3. The minimum absolute atomic E-state index is 0.0419. The number of carbonyl (C=O) groups is 2. The number of carboxylic acid groups (broad SMARTS) is 1. The number of aliphatic carboxylic acids is 1. The Morgan fingerprint density at radius 1 is 1.13 bits per heavy atom. The van der Waals surface area contributed by atoms with Crippen LogP contribution in [0.2, 0.25) is 0 Å². The Morgan fingerprint density at radius 3 is 2.17 bits per heavy atom. The molecule has 0 radical (unpaired) electrons. The van der Waals surface area contributed by atoms with Crippen LogP contribution in [0.5, 0.6) is 0 Å². The maximum atomic E-state index is 12.2. The Bertz CT molecular complexity index is 691. The molecule has 23 heavy (non-hydrogen) atoms. The fourth-order valence-corrected chi connectivity index (χ4v) is 3.64. The minimum atomic E-state index is -3.77. The molecule has 0 aromatic heterocycles. The molecule has 1 fully saturated rings. The summed E-state index contributed by atoms with van der Waals surface area (Å²) in [6.45, 7) is 0. The standard InChI is InChI=1S/C15H20N2O5S/c16-23(21,22)12-5-3-11(4-6-12)17-13(18)9-15(10-14(19)20)7-1-2-8-15/h3-6H,1-2,7-10H2,(H,17,18)(H,19,20)(H2,16,21,22)/p-1. The monoisotopic (exact) mass is 339 g/mol. The first-order chi connectivity index (χ1) is 10.7. The number of nitrogens with one attached hydrogen (secondary N) is 1. The van der Waals surface area contributed by atoms with Gasteiger partial charge in [-0.05, 0) is 48.9 Å². The molecule has 1 aromatic carbocycles. The summed E-state index contributed by atoms with van der Waals surface area (Å²) >= 11 is 0. The van der Waals surface area contributed by atoms with Crippen LogP contribution in [-0.4, -0.2) is 20.3 Å². The van der Waals surface area contributed by atoms with Gasteiger partial charge in [-0.2, -0.15) is 0 Å². The fourth-order valence-electron chi connectivity index (χ4n) is 3.12. The van der Waals surface area contributed by atoms with Gasteiger partial charge < -0.3 is 15.2 Å². The van der Waals surface area contributed by atoms with Gasteiger partial charge in [0.05, 0.1) is 4.90 Å². The Kier molecular flexibility index (Phi) is 5.06. The van der Waals surface area contributed by atoms with Crippen molar-refractivity contribution in [1.82, 2.24) is 0 Å². The summed E-state index contributed by atoms with van der Waals surface area (Å²) in [4.78, 5) is 23.0. The van der Waals surface area contributed by atoms with E-state index >= 15 is 0 Å². The molecule has 7 nitrogen and oxygen atoms in total. The average Bonchev–Trinajstić information content (AvgIpc) is 2.85. The minimum Gasteiger partial charge on any atom is -0.550 e. The molecule has 0 heterocycles. The summed E-state index contributed by atoms with van der Waals surface area (Å²) in [7, 11) is -3.77. The molecule has 8 heteroatoms. The zero-order valence-corrected chi connectivity index (χ0v) is 13.4. The molecule has 1 aromatic rings. The summed E-state index contributed by atoms with van der Waals surface area (Å²) in [6, 6.07) is 5.49. The Morgan fingerprint density at radius 2 is 1.70 bits per heavy atom. The third-order valence-electron chi connectivity index (χ3n) is 4.19. The van der Waals surface area contributed by atoms with Crippen molar-refractivity contribution in [2.75, 3.05) is 5.32 Å². The van der Waals surface area contributed by atoms with Crippen LogP contribution < -0.4 is 15.6 Å². The van der Waals surface area contributed by atoms with E-state index < -0.39 is 21.4 Å². The highest BCUT2D eigenvalue weighted by Crippen LogP contribution is 2.44. The van der Waals surface area contributed by atoms with E-state index in [9.17, 15) is 23.1 Å². The molecule has 0 saturated heterocycles. The predicted octanol–water partition coefficient (Wildman–Crippen LogP) is 0.363. The van der Waals surface area contributed by atoms with Crippen molar-refractivity contribution in [2.24, 2.45) is 10.6 Å². The van der Waals surface area contributed by atoms with Crippen LogP contribution in [0.15, 0.2) is 29.2 Å². The smallest absolute Gasteiger partial charge is 0.238 e. The van der Waals surface area contributed by atoms with Gasteiger partial charge in [0.2, 0.25) is 15.9 Å². The number of hydrogen-bond acceptors (Lipinski definition) is 5. The number of carbonyl (C=O) groups excluding carboxylic acids is 2. The van der Waals surface area contributed by atoms with Gasteiger partial charge in [0.1, 0.15) is 0 Å². The molecule has 1 saturated carbocycles. The van der Waals surface area contributed by atoms with Crippen molar-refractivity contribution in [3.8, 4) is 0 Å². The number of amides is 1. The van der Waals surface area contributed by atoms with Gasteiger partial charge in [0.25, 0.3) is 0 Å². The van der Waals surface area contributed by atoms with Gasteiger partial charge >= 0.3 is 0 Å². The predicted molar refractivity (Wildman–Crippen MR) is 81.6 cm³/mol. The third-order valence-corrected chi connectivity index (χ3v) is 5.11. The first-order valence-corrected chi connectivity index (χ1v) is 8.87. The van der Waals surface area contributed by atoms with Gasteiger partial charge in [0, 0.05) is 18.1 Å². The second-order valence-electron chi connectivity index (χ2n) is 6.05. The largest absolute Gasteiger partial charge is 0.550 e. The molecule has 2 rings (SSSR count). The molecule has 1 aliphatic rings. The van der Waals surface area contributed by atoms with Crippen molar-refractivity contribution in [3.63, 3.8) is 0 Å². The van der Waals surface area contributed by atoms with E-state index in [1.54, 1.807) is 0 Å². The molecule has 0 atom stereocenters. The summed E-state index contributed by atoms with van der Waals surface area (Å²) in [6.07, 6.45) is 3.19. The maximum Gasteiger partial charge on any atom is 0.238 e. The maximum absolute atomic E-state index is 12.2. The number of anilines is 1. The highest BCUT2D eigenvalue weighted by molar-refractivity contribution is 7.89. The number of hydrogen-bond donors (Lipinski definition) is 2. The summed E-state index contributed by atoms with van der Waals surface area (Å²) in [5, 5.41) is 18.6. The second-order valence-corrected chi connectivity index (χ2v) is 7.61.